The van der Waals surface area contributed by atoms with Crippen LogP contribution in [0.15, 0.2) is 30.5 Å². The molecule has 1 unspecified atom stereocenters. The molecule has 1 saturated heterocycles. The van der Waals surface area contributed by atoms with Gasteiger partial charge in [-0.05, 0) is 19.1 Å². The van der Waals surface area contributed by atoms with Crippen LogP contribution in [0.3, 0.4) is 0 Å². The fourth-order valence-electron chi connectivity index (χ4n) is 2.48. The molecule has 1 aliphatic heterocycles. The highest BCUT2D eigenvalue weighted by Crippen LogP contribution is 2.26. The number of ether oxygens (including phenoxy) is 1. The van der Waals surface area contributed by atoms with Crippen LogP contribution in [0.1, 0.15) is 6.92 Å². The van der Waals surface area contributed by atoms with Gasteiger partial charge in [0.1, 0.15) is 5.82 Å². The van der Waals surface area contributed by atoms with E-state index in [1.165, 1.54) is 18.3 Å². The van der Waals surface area contributed by atoms with Crippen LogP contribution in [0.5, 0.6) is 0 Å². The first-order valence-corrected chi connectivity index (χ1v) is 7.24. The fourth-order valence-corrected chi connectivity index (χ4v) is 2.48. The maximum absolute atomic E-state index is 11.0. The third-order valence-corrected chi connectivity index (χ3v) is 3.61. The van der Waals surface area contributed by atoms with Crippen molar-refractivity contribution in [3.8, 4) is 0 Å². The van der Waals surface area contributed by atoms with Crippen LogP contribution in [-0.4, -0.2) is 40.7 Å². The van der Waals surface area contributed by atoms with Gasteiger partial charge in [-0.15, -0.1) is 0 Å². The summed E-state index contributed by atoms with van der Waals surface area (Å²) in [5.74, 6) is 0.619. The standard InChI is InChI=1S/C15H16N5O3/c1-11-10-23-8-7-19(11)12-4-6-16-14(9-12)18-15-13(20(21)22)3-2-5-17-15/h2-5,9,11H,7-8,10H2,1H3,(H,16,17,18). The van der Waals surface area contributed by atoms with Gasteiger partial charge in [-0.3, -0.25) is 10.1 Å². The maximum atomic E-state index is 11.0. The molecule has 1 N–H and O–H groups in total. The summed E-state index contributed by atoms with van der Waals surface area (Å²) >= 11 is 0. The van der Waals surface area contributed by atoms with Gasteiger partial charge in [0.25, 0.3) is 0 Å². The van der Waals surface area contributed by atoms with Crippen LogP contribution in [0.2, 0.25) is 0 Å². The maximum Gasteiger partial charge on any atom is 0.311 e. The number of rotatable bonds is 4. The minimum atomic E-state index is -0.479. The van der Waals surface area contributed by atoms with Crippen LogP contribution >= 0.6 is 0 Å². The van der Waals surface area contributed by atoms with E-state index in [4.69, 9.17) is 4.74 Å². The highest BCUT2D eigenvalue weighted by Gasteiger charge is 2.20. The molecule has 0 spiro atoms. The number of morpholine rings is 1. The summed E-state index contributed by atoms with van der Waals surface area (Å²) in [6.07, 6.45) is 4.32. The molecule has 23 heavy (non-hydrogen) atoms. The van der Waals surface area contributed by atoms with Crippen LogP contribution in [0, 0.1) is 16.3 Å². The van der Waals surface area contributed by atoms with E-state index in [-0.39, 0.29) is 17.5 Å². The predicted molar refractivity (Wildman–Crippen MR) is 84.9 cm³/mol. The van der Waals surface area contributed by atoms with Crippen LogP contribution in [0.25, 0.3) is 0 Å². The molecule has 1 fully saturated rings. The number of nitrogens with one attached hydrogen (secondary N) is 1. The summed E-state index contributed by atoms with van der Waals surface area (Å²) in [6, 6.07) is 6.79. The molecule has 0 aliphatic carbocycles. The van der Waals surface area contributed by atoms with Gasteiger partial charge in [0.2, 0.25) is 5.82 Å². The summed E-state index contributed by atoms with van der Waals surface area (Å²) in [5.41, 5.74) is 0.844. The van der Waals surface area contributed by atoms with Crippen molar-refractivity contribution in [2.24, 2.45) is 0 Å². The van der Waals surface area contributed by atoms with Crippen molar-refractivity contribution < 1.29 is 9.66 Å². The molecular formula is C15H16N5O3. The Hall–Kier alpha value is -2.74. The summed E-state index contributed by atoms with van der Waals surface area (Å²) < 4.78 is 5.43. The minimum Gasteiger partial charge on any atom is -0.377 e. The lowest BCUT2D eigenvalue weighted by Crippen LogP contribution is -2.43. The second-order valence-electron chi connectivity index (χ2n) is 5.21. The van der Waals surface area contributed by atoms with Crippen molar-refractivity contribution in [3.05, 3.63) is 46.8 Å². The molecule has 2 aromatic rings. The summed E-state index contributed by atoms with van der Waals surface area (Å²) in [6.45, 7) is 4.19. The molecular weight excluding hydrogens is 298 g/mol. The molecule has 3 heterocycles. The second kappa shape index (κ2) is 6.57. The SMILES string of the molecule is CC1COCCN1c1c[c]nc(Nc2ncccc2[N+](=O)[O-])c1. The lowest BCUT2D eigenvalue weighted by molar-refractivity contribution is -0.384. The number of hydrogen-bond acceptors (Lipinski definition) is 7. The van der Waals surface area contributed by atoms with E-state index in [0.717, 1.165) is 12.2 Å². The van der Waals surface area contributed by atoms with Crippen molar-refractivity contribution in [2.75, 3.05) is 30.0 Å². The van der Waals surface area contributed by atoms with Crippen molar-refractivity contribution in [3.63, 3.8) is 0 Å². The Bertz CT molecular complexity index is 709. The molecule has 3 rings (SSSR count). The number of aromatic nitrogens is 2. The molecule has 1 radical (unpaired) electrons. The summed E-state index contributed by atoms with van der Waals surface area (Å²) in [4.78, 5) is 20.9. The van der Waals surface area contributed by atoms with Crippen molar-refractivity contribution in [2.45, 2.75) is 13.0 Å². The zero-order chi connectivity index (χ0) is 16.2. The van der Waals surface area contributed by atoms with E-state index in [1.807, 2.05) is 6.07 Å². The third kappa shape index (κ3) is 3.37. The van der Waals surface area contributed by atoms with Crippen LogP contribution < -0.4 is 10.2 Å². The van der Waals surface area contributed by atoms with Gasteiger partial charge in [0.15, 0.2) is 0 Å². The largest absolute Gasteiger partial charge is 0.377 e. The monoisotopic (exact) mass is 314 g/mol. The smallest absolute Gasteiger partial charge is 0.311 e. The molecule has 8 nitrogen and oxygen atoms in total. The van der Waals surface area contributed by atoms with Gasteiger partial charge in [0, 0.05) is 36.6 Å². The average molecular weight is 314 g/mol. The number of hydrogen-bond donors (Lipinski definition) is 1. The van der Waals surface area contributed by atoms with Crippen LogP contribution in [-0.2, 0) is 4.74 Å². The van der Waals surface area contributed by atoms with Crippen molar-refractivity contribution in [1.29, 1.82) is 0 Å². The van der Waals surface area contributed by atoms with Crippen LogP contribution in [0.4, 0.5) is 23.0 Å². The highest BCUT2D eigenvalue weighted by molar-refractivity contribution is 5.65. The molecule has 0 amide bonds. The van der Waals surface area contributed by atoms with Gasteiger partial charge < -0.3 is 15.0 Å². The molecule has 0 bridgehead atoms. The zero-order valence-electron chi connectivity index (χ0n) is 12.6. The Kier molecular flexibility index (Phi) is 4.33. The summed E-state index contributed by atoms with van der Waals surface area (Å²) in [5, 5.41) is 13.9. The van der Waals surface area contributed by atoms with E-state index >= 15 is 0 Å². The van der Waals surface area contributed by atoms with E-state index in [1.54, 1.807) is 6.07 Å². The van der Waals surface area contributed by atoms with Gasteiger partial charge in [-0.25, -0.2) is 9.97 Å². The highest BCUT2D eigenvalue weighted by atomic mass is 16.6. The Morgan fingerprint density at radius 1 is 1.57 bits per heavy atom. The molecule has 2 aromatic heterocycles. The number of nitro groups is 1. The first-order valence-electron chi connectivity index (χ1n) is 7.24. The number of pyridine rings is 2. The zero-order valence-corrected chi connectivity index (χ0v) is 12.6. The molecule has 1 atom stereocenters. The molecule has 0 saturated carbocycles. The third-order valence-electron chi connectivity index (χ3n) is 3.61. The average Bonchev–Trinajstić information content (AvgIpc) is 2.56. The number of anilines is 3. The van der Waals surface area contributed by atoms with E-state index < -0.39 is 4.92 Å². The van der Waals surface area contributed by atoms with Gasteiger partial charge in [0.05, 0.1) is 24.3 Å². The normalized spacial score (nSPS) is 17.8. The minimum absolute atomic E-state index is 0.0977. The first-order chi connectivity index (χ1) is 11.1. The van der Waals surface area contributed by atoms with Gasteiger partial charge in [-0.1, -0.05) is 0 Å². The van der Waals surface area contributed by atoms with E-state index in [0.29, 0.717) is 19.0 Å². The lowest BCUT2D eigenvalue weighted by atomic mass is 10.2. The van der Waals surface area contributed by atoms with Gasteiger partial charge >= 0.3 is 5.69 Å². The molecule has 8 heteroatoms. The Labute approximate surface area is 133 Å². The Morgan fingerprint density at radius 3 is 3.22 bits per heavy atom. The van der Waals surface area contributed by atoms with Crippen molar-refractivity contribution in [1.82, 2.24) is 9.97 Å². The second-order valence-corrected chi connectivity index (χ2v) is 5.21. The topological polar surface area (TPSA) is 93.4 Å². The first kappa shape index (κ1) is 15.2. The predicted octanol–water partition coefficient (Wildman–Crippen LogP) is 2.15. The molecule has 0 aromatic carbocycles. The lowest BCUT2D eigenvalue weighted by Gasteiger charge is -2.35. The number of nitrogens with zero attached hydrogens (tertiary/aromatic N) is 4. The van der Waals surface area contributed by atoms with Gasteiger partial charge in [-0.2, -0.15) is 0 Å². The Balaban J connectivity index is 1.85. The fraction of sp³-hybridized carbons (Fsp3) is 0.333. The summed E-state index contributed by atoms with van der Waals surface area (Å²) in [7, 11) is 0. The molecule has 1 aliphatic rings. The van der Waals surface area contributed by atoms with E-state index in [2.05, 4.69) is 33.3 Å². The van der Waals surface area contributed by atoms with E-state index in [9.17, 15) is 10.1 Å². The Morgan fingerprint density at radius 2 is 2.43 bits per heavy atom. The quantitative estimate of drug-likeness (QED) is 0.682. The molecule has 119 valence electrons. The van der Waals surface area contributed by atoms with Crippen molar-refractivity contribution >= 4 is 23.0 Å².